The molecular weight excluding hydrogens is 272 g/mol. The molecule has 1 aromatic rings. The third-order valence-corrected chi connectivity index (χ3v) is 2.10. The molecule has 0 fully saturated rings. The summed E-state index contributed by atoms with van der Waals surface area (Å²) in [6.07, 6.45) is -6.30. The molecule has 0 heterocycles. The quantitative estimate of drug-likeness (QED) is 0.660. The maximum Gasteiger partial charge on any atom is 0.397 e. The lowest BCUT2D eigenvalue weighted by molar-refractivity contribution is -0.150. The molecule has 0 bridgehead atoms. The average Bonchev–Trinajstić information content (AvgIpc) is 2.13. The van der Waals surface area contributed by atoms with Crippen LogP contribution in [0.4, 0.5) is 23.2 Å². The first-order chi connectivity index (χ1) is 8.20. The lowest BCUT2D eigenvalue weighted by Crippen LogP contribution is -2.23. The van der Waals surface area contributed by atoms with Crippen molar-refractivity contribution in [1.82, 2.24) is 0 Å². The molecule has 0 saturated carbocycles. The van der Waals surface area contributed by atoms with Gasteiger partial charge in [-0.2, -0.15) is 13.2 Å². The van der Waals surface area contributed by atoms with E-state index >= 15 is 0 Å². The largest absolute Gasteiger partial charge is 0.397 e. The van der Waals surface area contributed by atoms with E-state index in [1.165, 1.54) is 12.1 Å². The molecule has 98 valence electrons. The van der Waals surface area contributed by atoms with E-state index in [-0.39, 0.29) is 16.2 Å². The van der Waals surface area contributed by atoms with Crippen LogP contribution < -0.4 is 11.1 Å². The standard InChI is InChI=1S/C10H8F4N2OS/c11-5-2-1-3-6(8(5)9(15)18)16-7(17)4-10(12,13)14/h1-3H,4H2,(H2,15,18)(H,16,17). The van der Waals surface area contributed by atoms with Crippen LogP contribution in [0.2, 0.25) is 0 Å². The number of alkyl halides is 3. The fraction of sp³-hybridized carbons (Fsp3) is 0.200. The second-order valence-corrected chi connectivity index (χ2v) is 3.81. The Kier molecular flexibility index (Phi) is 4.23. The number of halogens is 4. The van der Waals surface area contributed by atoms with Crippen LogP contribution in [0.5, 0.6) is 0 Å². The summed E-state index contributed by atoms with van der Waals surface area (Å²) in [5, 5.41) is 1.92. The summed E-state index contributed by atoms with van der Waals surface area (Å²) < 4.78 is 49.2. The summed E-state index contributed by atoms with van der Waals surface area (Å²) in [5.74, 6) is -2.13. The fourth-order valence-electron chi connectivity index (χ4n) is 1.26. The van der Waals surface area contributed by atoms with Gasteiger partial charge in [0.15, 0.2) is 0 Å². The van der Waals surface area contributed by atoms with E-state index in [4.69, 9.17) is 5.73 Å². The molecule has 0 saturated heterocycles. The predicted molar refractivity (Wildman–Crippen MR) is 61.6 cm³/mol. The lowest BCUT2D eigenvalue weighted by Gasteiger charge is -2.11. The number of benzene rings is 1. The van der Waals surface area contributed by atoms with E-state index in [2.05, 4.69) is 12.2 Å². The van der Waals surface area contributed by atoms with Crippen LogP contribution in [0.1, 0.15) is 12.0 Å². The van der Waals surface area contributed by atoms with Gasteiger partial charge in [0.25, 0.3) is 0 Å². The number of hydrogen-bond donors (Lipinski definition) is 2. The SMILES string of the molecule is NC(=S)c1c(F)cccc1NC(=O)CC(F)(F)F. The number of nitrogens with one attached hydrogen (secondary N) is 1. The number of anilines is 1. The van der Waals surface area contributed by atoms with Crippen molar-refractivity contribution in [3.63, 3.8) is 0 Å². The van der Waals surface area contributed by atoms with Crippen LogP contribution in [0.3, 0.4) is 0 Å². The second kappa shape index (κ2) is 5.30. The molecular formula is C10H8F4N2OS. The maximum absolute atomic E-state index is 13.3. The van der Waals surface area contributed by atoms with E-state index in [0.717, 1.165) is 6.07 Å². The second-order valence-electron chi connectivity index (χ2n) is 3.37. The Morgan fingerprint density at radius 2 is 2.00 bits per heavy atom. The van der Waals surface area contributed by atoms with Crippen molar-refractivity contribution in [3.8, 4) is 0 Å². The lowest BCUT2D eigenvalue weighted by atomic mass is 10.1. The zero-order chi connectivity index (χ0) is 13.9. The summed E-state index contributed by atoms with van der Waals surface area (Å²) in [4.78, 5) is 10.7. The van der Waals surface area contributed by atoms with Gasteiger partial charge in [0.2, 0.25) is 5.91 Å². The molecule has 1 aromatic carbocycles. The Balaban J connectivity index is 2.95. The Morgan fingerprint density at radius 3 is 2.50 bits per heavy atom. The van der Waals surface area contributed by atoms with Crippen molar-refractivity contribution in [1.29, 1.82) is 0 Å². The van der Waals surface area contributed by atoms with Gasteiger partial charge in [-0.3, -0.25) is 4.79 Å². The number of hydrogen-bond acceptors (Lipinski definition) is 2. The summed E-state index contributed by atoms with van der Waals surface area (Å²) in [7, 11) is 0. The number of rotatable bonds is 3. The highest BCUT2D eigenvalue weighted by atomic mass is 32.1. The molecule has 3 nitrogen and oxygen atoms in total. The molecule has 1 amide bonds. The van der Waals surface area contributed by atoms with Crippen LogP contribution in [-0.4, -0.2) is 17.1 Å². The average molecular weight is 280 g/mol. The van der Waals surface area contributed by atoms with Crippen molar-refractivity contribution >= 4 is 28.8 Å². The van der Waals surface area contributed by atoms with Crippen LogP contribution in [0, 0.1) is 5.82 Å². The molecule has 0 spiro atoms. The Morgan fingerprint density at radius 1 is 1.39 bits per heavy atom. The Bertz CT molecular complexity index is 487. The minimum atomic E-state index is -4.64. The van der Waals surface area contributed by atoms with Gasteiger partial charge in [0, 0.05) is 0 Å². The fourth-order valence-corrected chi connectivity index (χ4v) is 1.46. The molecule has 0 unspecified atom stereocenters. The summed E-state index contributed by atoms with van der Waals surface area (Å²) >= 11 is 4.56. The minimum Gasteiger partial charge on any atom is -0.389 e. The summed E-state index contributed by atoms with van der Waals surface area (Å²) in [5.41, 5.74) is 4.76. The molecule has 1 rings (SSSR count). The van der Waals surface area contributed by atoms with E-state index in [9.17, 15) is 22.4 Å². The monoisotopic (exact) mass is 280 g/mol. The van der Waals surface area contributed by atoms with E-state index in [0.29, 0.717) is 0 Å². The zero-order valence-electron chi connectivity index (χ0n) is 8.84. The smallest absolute Gasteiger partial charge is 0.389 e. The van der Waals surface area contributed by atoms with Crippen LogP contribution >= 0.6 is 12.2 Å². The molecule has 0 aliphatic heterocycles. The molecule has 3 N–H and O–H groups in total. The molecule has 0 aliphatic rings. The molecule has 8 heteroatoms. The number of amides is 1. The van der Waals surface area contributed by atoms with Gasteiger partial charge in [-0.05, 0) is 12.1 Å². The third-order valence-electron chi connectivity index (χ3n) is 1.90. The minimum absolute atomic E-state index is 0.184. The molecule has 18 heavy (non-hydrogen) atoms. The van der Waals surface area contributed by atoms with Gasteiger partial charge in [0.05, 0.1) is 11.3 Å². The topological polar surface area (TPSA) is 55.1 Å². The maximum atomic E-state index is 13.3. The van der Waals surface area contributed by atoms with Crippen LogP contribution in [0.15, 0.2) is 18.2 Å². The van der Waals surface area contributed by atoms with Crippen molar-refractivity contribution < 1.29 is 22.4 Å². The first kappa shape index (κ1) is 14.4. The first-order valence-electron chi connectivity index (χ1n) is 4.65. The van der Waals surface area contributed by atoms with Crippen molar-refractivity contribution in [2.24, 2.45) is 5.73 Å². The van der Waals surface area contributed by atoms with Gasteiger partial charge in [-0.25, -0.2) is 4.39 Å². The Hall–Kier alpha value is -1.70. The van der Waals surface area contributed by atoms with Crippen molar-refractivity contribution in [2.75, 3.05) is 5.32 Å². The van der Waals surface area contributed by atoms with Gasteiger partial charge in [-0.15, -0.1) is 0 Å². The van der Waals surface area contributed by atoms with Gasteiger partial charge < -0.3 is 11.1 Å². The zero-order valence-corrected chi connectivity index (χ0v) is 9.66. The van der Waals surface area contributed by atoms with Gasteiger partial charge in [-0.1, -0.05) is 18.3 Å². The molecule has 0 radical (unpaired) electrons. The highest BCUT2D eigenvalue weighted by molar-refractivity contribution is 7.80. The predicted octanol–water partition coefficient (Wildman–Crippen LogP) is 2.35. The summed E-state index contributed by atoms with van der Waals surface area (Å²) in [6, 6.07) is 3.47. The third kappa shape index (κ3) is 3.95. The number of nitrogens with two attached hydrogens (primary N) is 1. The van der Waals surface area contributed by atoms with Gasteiger partial charge in [0.1, 0.15) is 17.2 Å². The normalized spacial score (nSPS) is 11.1. The first-order valence-corrected chi connectivity index (χ1v) is 5.06. The highest BCUT2D eigenvalue weighted by Crippen LogP contribution is 2.23. The van der Waals surface area contributed by atoms with Crippen LogP contribution in [0.25, 0.3) is 0 Å². The Labute approximate surface area is 105 Å². The number of carbonyl (C=O) groups is 1. The summed E-state index contributed by atoms with van der Waals surface area (Å²) in [6.45, 7) is 0. The molecule has 0 aliphatic carbocycles. The van der Waals surface area contributed by atoms with E-state index < -0.39 is 24.3 Å². The van der Waals surface area contributed by atoms with E-state index in [1.54, 1.807) is 0 Å². The van der Waals surface area contributed by atoms with Gasteiger partial charge >= 0.3 is 6.18 Å². The van der Waals surface area contributed by atoms with E-state index in [1.807, 2.05) is 5.32 Å². The van der Waals surface area contributed by atoms with Crippen LogP contribution in [-0.2, 0) is 4.79 Å². The highest BCUT2D eigenvalue weighted by Gasteiger charge is 2.31. The molecule has 0 aromatic heterocycles. The number of carbonyl (C=O) groups excluding carboxylic acids is 1. The number of thiocarbonyl (C=S) groups is 1. The van der Waals surface area contributed by atoms with Crippen molar-refractivity contribution in [3.05, 3.63) is 29.6 Å². The van der Waals surface area contributed by atoms with Crippen molar-refractivity contribution in [2.45, 2.75) is 12.6 Å². The molecule has 0 atom stereocenters.